The molecule has 5 heteroatoms. The molecule has 2 N–H and O–H groups in total. The highest BCUT2D eigenvalue weighted by Gasteiger charge is 2.36. The van der Waals surface area contributed by atoms with E-state index in [2.05, 4.69) is 28.5 Å². The molecule has 1 aliphatic rings. The van der Waals surface area contributed by atoms with Gasteiger partial charge in [0.2, 0.25) is 5.89 Å². The van der Waals surface area contributed by atoms with Gasteiger partial charge in [-0.2, -0.15) is 4.98 Å². The summed E-state index contributed by atoms with van der Waals surface area (Å²) in [7, 11) is 0. The standard InChI is InChI=1S/C14H19N3OS/c1-10-4-2-6-14(15,9-10)13-16-12(18-17-13)8-11-5-3-7-19-11/h3,5,7,10H,2,4,6,8-9,15H2,1H3. The van der Waals surface area contributed by atoms with Crippen molar-refractivity contribution in [3.05, 3.63) is 34.1 Å². The zero-order valence-corrected chi connectivity index (χ0v) is 11.9. The maximum absolute atomic E-state index is 6.48. The molecule has 0 aromatic carbocycles. The summed E-state index contributed by atoms with van der Waals surface area (Å²) < 4.78 is 5.36. The van der Waals surface area contributed by atoms with Crippen molar-refractivity contribution >= 4 is 11.3 Å². The zero-order valence-electron chi connectivity index (χ0n) is 11.1. The van der Waals surface area contributed by atoms with Gasteiger partial charge < -0.3 is 10.3 Å². The Morgan fingerprint density at radius 1 is 1.58 bits per heavy atom. The van der Waals surface area contributed by atoms with Crippen LogP contribution in [0.3, 0.4) is 0 Å². The molecule has 1 saturated carbocycles. The van der Waals surface area contributed by atoms with Gasteiger partial charge in [-0.15, -0.1) is 11.3 Å². The van der Waals surface area contributed by atoms with Gasteiger partial charge >= 0.3 is 0 Å². The maximum atomic E-state index is 6.48. The molecule has 0 spiro atoms. The minimum atomic E-state index is -0.394. The lowest BCUT2D eigenvalue weighted by atomic mass is 9.76. The molecule has 3 rings (SSSR count). The van der Waals surface area contributed by atoms with Gasteiger partial charge in [0.1, 0.15) is 0 Å². The average Bonchev–Trinajstić information content (AvgIpc) is 3.01. The Hall–Kier alpha value is -1.20. The molecule has 102 valence electrons. The number of hydrogen-bond acceptors (Lipinski definition) is 5. The van der Waals surface area contributed by atoms with Gasteiger partial charge in [0.25, 0.3) is 0 Å². The smallest absolute Gasteiger partial charge is 0.231 e. The Kier molecular flexibility index (Phi) is 3.41. The summed E-state index contributed by atoms with van der Waals surface area (Å²) in [6, 6.07) is 4.11. The highest BCUT2D eigenvalue weighted by Crippen LogP contribution is 2.36. The second-order valence-corrected chi connectivity index (χ2v) is 6.66. The molecule has 2 aromatic heterocycles. The van der Waals surface area contributed by atoms with Crippen LogP contribution in [0.5, 0.6) is 0 Å². The number of thiophene rings is 1. The second-order valence-electron chi connectivity index (χ2n) is 5.63. The van der Waals surface area contributed by atoms with Gasteiger partial charge in [-0.25, -0.2) is 0 Å². The molecule has 2 unspecified atom stereocenters. The van der Waals surface area contributed by atoms with E-state index in [0.29, 0.717) is 24.1 Å². The molecule has 4 nitrogen and oxygen atoms in total. The van der Waals surface area contributed by atoms with Crippen molar-refractivity contribution < 1.29 is 4.52 Å². The van der Waals surface area contributed by atoms with E-state index in [1.54, 1.807) is 11.3 Å². The fraction of sp³-hybridized carbons (Fsp3) is 0.571. The fourth-order valence-electron chi connectivity index (χ4n) is 2.89. The fourth-order valence-corrected chi connectivity index (χ4v) is 3.58. The van der Waals surface area contributed by atoms with Gasteiger partial charge in [-0.05, 0) is 30.2 Å². The number of hydrogen-bond donors (Lipinski definition) is 1. The maximum Gasteiger partial charge on any atom is 0.231 e. The summed E-state index contributed by atoms with van der Waals surface area (Å²) >= 11 is 1.70. The molecular formula is C14H19N3OS. The van der Waals surface area contributed by atoms with Crippen molar-refractivity contribution in [3.8, 4) is 0 Å². The summed E-state index contributed by atoms with van der Waals surface area (Å²) in [6.45, 7) is 2.24. The largest absolute Gasteiger partial charge is 0.339 e. The van der Waals surface area contributed by atoms with Crippen LogP contribution in [0.25, 0.3) is 0 Å². The molecule has 2 atom stereocenters. The Balaban J connectivity index is 1.77. The van der Waals surface area contributed by atoms with E-state index in [9.17, 15) is 0 Å². The van der Waals surface area contributed by atoms with Gasteiger partial charge in [0.15, 0.2) is 5.82 Å². The molecule has 2 heterocycles. The van der Waals surface area contributed by atoms with Gasteiger partial charge in [0, 0.05) is 4.88 Å². The van der Waals surface area contributed by atoms with Gasteiger partial charge in [-0.3, -0.25) is 0 Å². The second kappa shape index (κ2) is 5.06. The van der Waals surface area contributed by atoms with E-state index in [0.717, 1.165) is 19.3 Å². The van der Waals surface area contributed by atoms with E-state index < -0.39 is 5.54 Å². The molecule has 1 aliphatic carbocycles. The van der Waals surface area contributed by atoms with Crippen molar-refractivity contribution in [3.63, 3.8) is 0 Å². The topological polar surface area (TPSA) is 64.9 Å². The molecule has 0 saturated heterocycles. The number of nitrogens with two attached hydrogens (primary N) is 1. The SMILES string of the molecule is CC1CCCC(N)(c2noc(Cc3cccs3)n2)C1. The van der Waals surface area contributed by atoms with E-state index in [1.807, 2.05) is 6.07 Å². The van der Waals surface area contributed by atoms with Crippen LogP contribution in [0.15, 0.2) is 22.0 Å². The van der Waals surface area contributed by atoms with E-state index in [4.69, 9.17) is 10.3 Å². The summed E-state index contributed by atoms with van der Waals surface area (Å²) in [5.74, 6) is 1.99. The van der Waals surface area contributed by atoms with Crippen LogP contribution in [0.2, 0.25) is 0 Å². The van der Waals surface area contributed by atoms with Crippen LogP contribution in [0.1, 0.15) is 49.2 Å². The van der Waals surface area contributed by atoms with Crippen LogP contribution in [-0.2, 0) is 12.0 Å². The Labute approximate surface area is 117 Å². The lowest BCUT2D eigenvalue weighted by Crippen LogP contribution is -2.42. The first-order valence-corrected chi connectivity index (χ1v) is 7.68. The highest BCUT2D eigenvalue weighted by atomic mass is 32.1. The van der Waals surface area contributed by atoms with Crippen molar-refractivity contribution in [1.82, 2.24) is 10.1 Å². The normalized spacial score (nSPS) is 27.6. The van der Waals surface area contributed by atoms with Gasteiger partial charge in [0.05, 0.1) is 12.0 Å². The first-order valence-electron chi connectivity index (χ1n) is 6.80. The third kappa shape index (κ3) is 2.72. The van der Waals surface area contributed by atoms with Crippen LogP contribution >= 0.6 is 11.3 Å². The lowest BCUT2D eigenvalue weighted by molar-refractivity contribution is 0.221. The average molecular weight is 277 g/mol. The van der Waals surface area contributed by atoms with Crippen molar-refractivity contribution in [2.24, 2.45) is 11.7 Å². The lowest BCUT2D eigenvalue weighted by Gasteiger charge is -2.33. The summed E-state index contributed by atoms with van der Waals surface area (Å²) in [6.07, 6.45) is 5.00. The quantitative estimate of drug-likeness (QED) is 0.936. The van der Waals surface area contributed by atoms with Crippen LogP contribution in [0.4, 0.5) is 0 Å². The summed E-state index contributed by atoms with van der Waals surface area (Å²) in [5.41, 5.74) is 6.08. The third-order valence-corrected chi connectivity index (χ3v) is 4.73. The first kappa shape index (κ1) is 12.8. The number of rotatable bonds is 3. The molecular weight excluding hydrogens is 258 g/mol. The Morgan fingerprint density at radius 2 is 2.47 bits per heavy atom. The number of nitrogens with zero attached hydrogens (tertiary/aromatic N) is 2. The Bertz CT molecular complexity index is 537. The van der Waals surface area contributed by atoms with Crippen molar-refractivity contribution in [1.29, 1.82) is 0 Å². The number of aromatic nitrogens is 2. The summed E-state index contributed by atoms with van der Waals surface area (Å²) in [5, 5.41) is 6.18. The van der Waals surface area contributed by atoms with Crippen LogP contribution in [0, 0.1) is 5.92 Å². The molecule has 2 aromatic rings. The third-order valence-electron chi connectivity index (χ3n) is 3.85. The van der Waals surface area contributed by atoms with E-state index in [-0.39, 0.29) is 0 Å². The highest BCUT2D eigenvalue weighted by molar-refractivity contribution is 7.09. The van der Waals surface area contributed by atoms with E-state index >= 15 is 0 Å². The van der Waals surface area contributed by atoms with Crippen molar-refractivity contribution in [2.75, 3.05) is 0 Å². The molecule has 1 fully saturated rings. The Morgan fingerprint density at radius 3 is 3.21 bits per heavy atom. The van der Waals surface area contributed by atoms with Crippen LogP contribution in [-0.4, -0.2) is 10.1 Å². The van der Waals surface area contributed by atoms with Crippen molar-refractivity contribution in [2.45, 2.75) is 44.6 Å². The molecule has 19 heavy (non-hydrogen) atoms. The molecule has 0 amide bonds. The minimum Gasteiger partial charge on any atom is -0.339 e. The minimum absolute atomic E-state index is 0.394. The van der Waals surface area contributed by atoms with Gasteiger partial charge in [-0.1, -0.05) is 31.0 Å². The predicted octanol–water partition coefficient (Wildman–Crippen LogP) is 3.09. The molecule has 0 bridgehead atoms. The molecule has 0 radical (unpaired) electrons. The predicted molar refractivity (Wildman–Crippen MR) is 74.9 cm³/mol. The van der Waals surface area contributed by atoms with E-state index in [1.165, 1.54) is 11.3 Å². The first-order chi connectivity index (χ1) is 9.16. The monoisotopic (exact) mass is 277 g/mol. The summed E-state index contributed by atoms with van der Waals surface area (Å²) in [4.78, 5) is 5.75. The molecule has 0 aliphatic heterocycles. The zero-order chi connectivity index (χ0) is 13.3. The van der Waals surface area contributed by atoms with Crippen LogP contribution < -0.4 is 5.73 Å².